The molecule has 0 spiro atoms. The Bertz CT molecular complexity index is 757. The second-order valence-electron chi connectivity index (χ2n) is 4.54. The first-order valence-electron chi connectivity index (χ1n) is 5.88. The van der Waals surface area contributed by atoms with Crippen molar-refractivity contribution in [1.82, 2.24) is 0 Å². The van der Waals surface area contributed by atoms with E-state index in [1.807, 2.05) is 6.92 Å². The molecule has 0 radical (unpaired) electrons. The molecule has 0 saturated carbocycles. The predicted octanol–water partition coefficient (Wildman–Crippen LogP) is 2.95. The van der Waals surface area contributed by atoms with Gasteiger partial charge in [-0.1, -0.05) is 17.7 Å². The van der Waals surface area contributed by atoms with Crippen molar-refractivity contribution in [2.45, 2.75) is 18.7 Å². The van der Waals surface area contributed by atoms with Crippen molar-refractivity contribution in [2.24, 2.45) is 0 Å². The number of hydrogen-bond donors (Lipinski definition) is 2. The molecule has 0 aromatic heterocycles. The highest BCUT2D eigenvalue weighted by Crippen LogP contribution is 2.23. The topological polar surface area (TPSA) is 66.4 Å². The Labute approximate surface area is 116 Å². The highest BCUT2D eigenvalue weighted by atomic mass is 32.2. The van der Waals surface area contributed by atoms with Crippen LogP contribution in [0.4, 0.5) is 10.1 Å². The number of aryl methyl sites for hydroxylation is 2. The summed E-state index contributed by atoms with van der Waals surface area (Å²) in [6.07, 6.45) is 0. The van der Waals surface area contributed by atoms with Crippen LogP contribution in [0.15, 0.2) is 41.3 Å². The van der Waals surface area contributed by atoms with E-state index in [4.69, 9.17) is 5.11 Å². The smallest absolute Gasteiger partial charge is 0.262 e. The lowest BCUT2D eigenvalue weighted by Crippen LogP contribution is -2.14. The van der Waals surface area contributed by atoms with Crippen molar-refractivity contribution in [3.05, 3.63) is 53.3 Å². The molecule has 6 heteroatoms. The maximum atomic E-state index is 13.2. The van der Waals surface area contributed by atoms with Crippen molar-refractivity contribution in [1.29, 1.82) is 0 Å². The van der Waals surface area contributed by atoms with Crippen LogP contribution in [0.5, 0.6) is 5.75 Å². The molecule has 2 aromatic carbocycles. The Hall–Kier alpha value is -2.08. The number of rotatable bonds is 3. The number of hydrogen-bond acceptors (Lipinski definition) is 3. The van der Waals surface area contributed by atoms with Crippen molar-refractivity contribution in [2.75, 3.05) is 4.72 Å². The summed E-state index contributed by atoms with van der Waals surface area (Å²) in [6, 6.07) is 8.26. The number of phenolic OH excluding ortho intramolecular Hbond substituents is 1. The number of anilines is 1. The van der Waals surface area contributed by atoms with Gasteiger partial charge in [-0.3, -0.25) is 4.72 Å². The van der Waals surface area contributed by atoms with E-state index in [1.165, 1.54) is 12.1 Å². The molecule has 0 aliphatic carbocycles. The summed E-state index contributed by atoms with van der Waals surface area (Å²) < 4.78 is 40.0. The van der Waals surface area contributed by atoms with E-state index in [9.17, 15) is 12.8 Å². The molecule has 0 amide bonds. The maximum absolute atomic E-state index is 13.2. The van der Waals surface area contributed by atoms with E-state index in [0.29, 0.717) is 5.56 Å². The van der Waals surface area contributed by atoms with E-state index < -0.39 is 21.6 Å². The Kier molecular flexibility index (Phi) is 3.67. The highest BCUT2D eigenvalue weighted by molar-refractivity contribution is 7.92. The average Bonchev–Trinajstić information content (AvgIpc) is 2.33. The van der Waals surface area contributed by atoms with Crippen LogP contribution in [0.3, 0.4) is 0 Å². The number of aromatic hydroxyl groups is 1. The number of nitrogens with one attached hydrogen (secondary N) is 1. The van der Waals surface area contributed by atoms with Gasteiger partial charge in [0, 0.05) is 6.07 Å². The molecule has 0 unspecified atom stereocenters. The molecule has 0 aliphatic rings. The van der Waals surface area contributed by atoms with E-state index in [0.717, 1.165) is 17.7 Å². The fourth-order valence-electron chi connectivity index (χ4n) is 1.88. The van der Waals surface area contributed by atoms with Crippen LogP contribution >= 0.6 is 0 Å². The van der Waals surface area contributed by atoms with Crippen LogP contribution in [0.2, 0.25) is 0 Å². The number of phenols is 1. The molecular formula is C14H14FNO3S. The number of benzene rings is 2. The molecule has 20 heavy (non-hydrogen) atoms. The predicted molar refractivity (Wildman–Crippen MR) is 74.8 cm³/mol. The maximum Gasteiger partial charge on any atom is 0.262 e. The quantitative estimate of drug-likeness (QED) is 0.856. The van der Waals surface area contributed by atoms with Gasteiger partial charge < -0.3 is 5.11 Å². The lowest BCUT2D eigenvalue weighted by Gasteiger charge is -2.11. The third-order valence-corrected chi connectivity index (χ3v) is 4.36. The van der Waals surface area contributed by atoms with Crippen LogP contribution in [-0.4, -0.2) is 13.5 Å². The Morgan fingerprint density at radius 2 is 1.80 bits per heavy atom. The largest absolute Gasteiger partial charge is 0.505 e. The molecule has 2 N–H and O–H groups in total. The minimum atomic E-state index is -3.79. The third-order valence-electron chi connectivity index (χ3n) is 2.82. The van der Waals surface area contributed by atoms with Crippen LogP contribution < -0.4 is 4.72 Å². The van der Waals surface area contributed by atoms with Crippen molar-refractivity contribution >= 4 is 15.7 Å². The summed E-state index contributed by atoms with van der Waals surface area (Å²) in [5.41, 5.74) is 1.62. The normalized spacial score (nSPS) is 11.3. The molecule has 2 rings (SSSR count). The molecule has 0 heterocycles. The summed E-state index contributed by atoms with van der Waals surface area (Å²) in [7, 11) is -3.79. The molecule has 2 aromatic rings. The van der Waals surface area contributed by atoms with Crippen molar-refractivity contribution in [3.63, 3.8) is 0 Å². The molecule has 4 nitrogen and oxygen atoms in total. The van der Waals surface area contributed by atoms with Crippen LogP contribution in [0.1, 0.15) is 11.1 Å². The Morgan fingerprint density at radius 3 is 2.40 bits per heavy atom. The average molecular weight is 295 g/mol. The molecule has 0 aliphatic heterocycles. The first-order chi connectivity index (χ1) is 9.29. The lowest BCUT2D eigenvalue weighted by atomic mass is 10.2. The zero-order valence-corrected chi connectivity index (χ0v) is 11.8. The monoisotopic (exact) mass is 295 g/mol. The Balaban J connectivity index is 2.38. The fraction of sp³-hybridized carbons (Fsp3) is 0.143. The highest BCUT2D eigenvalue weighted by Gasteiger charge is 2.17. The SMILES string of the molecule is Cc1ccc(S(=O)(=O)Nc2ccc(O)c(F)c2)c(C)c1. The second-order valence-corrected chi connectivity index (χ2v) is 6.19. The van der Waals surface area contributed by atoms with Gasteiger partial charge in [0.05, 0.1) is 10.6 Å². The van der Waals surface area contributed by atoms with Crippen molar-refractivity contribution < 1.29 is 17.9 Å². The summed E-state index contributed by atoms with van der Waals surface area (Å²) in [5.74, 6) is -1.41. The molecule has 106 valence electrons. The van der Waals surface area contributed by atoms with Gasteiger partial charge in [0.25, 0.3) is 10.0 Å². The molecular weight excluding hydrogens is 281 g/mol. The van der Waals surface area contributed by atoms with E-state index in [1.54, 1.807) is 19.1 Å². The minimum absolute atomic E-state index is 0.0558. The van der Waals surface area contributed by atoms with Gasteiger partial charge in [0.1, 0.15) is 0 Å². The zero-order chi connectivity index (χ0) is 14.9. The van der Waals surface area contributed by atoms with E-state index in [2.05, 4.69) is 4.72 Å². The van der Waals surface area contributed by atoms with Gasteiger partial charge in [-0.2, -0.15) is 0 Å². The number of halogens is 1. The zero-order valence-electron chi connectivity index (χ0n) is 11.0. The van der Waals surface area contributed by atoms with Crippen molar-refractivity contribution in [3.8, 4) is 5.75 Å². The van der Waals surface area contributed by atoms with Gasteiger partial charge >= 0.3 is 0 Å². The van der Waals surface area contributed by atoms with E-state index >= 15 is 0 Å². The van der Waals surface area contributed by atoms with Gasteiger partial charge in [0.15, 0.2) is 11.6 Å². The van der Waals surface area contributed by atoms with Gasteiger partial charge in [0.2, 0.25) is 0 Å². The fourth-order valence-corrected chi connectivity index (χ4v) is 3.16. The summed E-state index contributed by atoms with van der Waals surface area (Å²) in [4.78, 5) is 0.136. The lowest BCUT2D eigenvalue weighted by molar-refractivity contribution is 0.432. The molecule has 0 atom stereocenters. The Morgan fingerprint density at radius 1 is 1.10 bits per heavy atom. The third kappa shape index (κ3) is 2.91. The minimum Gasteiger partial charge on any atom is -0.505 e. The van der Waals surface area contributed by atoms with E-state index in [-0.39, 0.29) is 10.6 Å². The first-order valence-corrected chi connectivity index (χ1v) is 7.36. The molecule has 0 fully saturated rings. The van der Waals surface area contributed by atoms with Crippen LogP contribution in [0, 0.1) is 19.7 Å². The summed E-state index contributed by atoms with van der Waals surface area (Å²) in [5, 5.41) is 9.08. The molecule has 0 bridgehead atoms. The summed E-state index contributed by atoms with van der Waals surface area (Å²) in [6.45, 7) is 3.56. The summed E-state index contributed by atoms with van der Waals surface area (Å²) >= 11 is 0. The van der Waals surface area contributed by atoms with Crippen LogP contribution in [-0.2, 0) is 10.0 Å². The first kappa shape index (κ1) is 14.3. The molecule has 0 saturated heterocycles. The number of sulfonamides is 1. The van der Waals surface area contributed by atoms with Gasteiger partial charge in [-0.15, -0.1) is 0 Å². The van der Waals surface area contributed by atoms with Crippen LogP contribution in [0.25, 0.3) is 0 Å². The van der Waals surface area contributed by atoms with Gasteiger partial charge in [-0.25, -0.2) is 12.8 Å². The standard InChI is InChI=1S/C14H14FNO3S/c1-9-3-6-14(10(2)7-9)20(18,19)16-11-4-5-13(17)12(15)8-11/h3-8,16-17H,1-2H3. The second kappa shape index (κ2) is 5.13. The van der Waals surface area contributed by atoms with Gasteiger partial charge in [-0.05, 0) is 37.6 Å².